The lowest BCUT2D eigenvalue weighted by molar-refractivity contribution is 0.203. The van der Waals surface area contributed by atoms with Crippen molar-refractivity contribution in [1.82, 2.24) is 25.4 Å². The number of guanidine groups is 1. The van der Waals surface area contributed by atoms with E-state index in [1.807, 2.05) is 25.5 Å². The average molecular weight is 506 g/mol. The molecule has 0 saturated carbocycles. The lowest BCUT2D eigenvalue weighted by atomic mass is 10.3. The molecular weight excluding hydrogens is 478 g/mol. The second kappa shape index (κ2) is 12.5. The molecule has 10 heteroatoms. The Balaban J connectivity index is 0.00000392. The summed E-state index contributed by atoms with van der Waals surface area (Å²) < 4.78 is 25.7. The van der Waals surface area contributed by atoms with Crippen LogP contribution in [0.15, 0.2) is 29.3 Å². The maximum Gasteiger partial charge on any atom is 0.191 e. The number of nitrogens with one attached hydrogen (secondary N) is 2. The average Bonchev–Trinajstić information content (AvgIpc) is 2.97. The molecule has 2 rings (SSSR count). The monoisotopic (exact) mass is 506 g/mol. The lowest BCUT2D eigenvalue weighted by Gasteiger charge is -2.18. The van der Waals surface area contributed by atoms with Crippen LogP contribution in [-0.2, 0) is 18.3 Å². The molecule has 156 valence electrons. The van der Waals surface area contributed by atoms with Crippen molar-refractivity contribution in [2.75, 3.05) is 26.8 Å². The molecule has 2 N–H and O–H groups in total. The van der Waals surface area contributed by atoms with Crippen LogP contribution in [0.25, 0.3) is 0 Å². The highest BCUT2D eigenvalue weighted by atomic mass is 127. The van der Waals surface area contributed by atoms with Crippen molar-refractivity contribution in [2.45, 2.75) is 26.5 Å². The zero-order valence-corrected chi connectivity index (χ0v) is 18.9. The number of methoxy groups -OCH3 is 1. The molecule has 1 aromatic carbocycles. The highest BCUT2D eigenvalue weighted by Crippen LogP contribution is 2.12. The Hall–Kier alpha value is -1.95. The maximum absolute atomic E-state index is 13.0. The zero-order valence-electron chi connectivity index (χ0n) is 16.6. The van der Waals surface area contributed by atoms with Gasteiger partial charge in [0, 0.05) is 20.7 Å². The fourth-order valence-corrected chi connectivity index (χ4v) is 2.21. The Bertz CT molecular complexity index is 738. The summed E-state index contributed by atoms with van der Waals surface area (Å²) in [5.74, 6) is 2.57. The van der Waals surface area contributed by atoms with Gasteiger partial charge >= 0.3 is 0 Å². The Morgan fingerprint density at radius 3 is 2.57 bits per heavy atom. The van der Waals surface area contributed by atoms with Crippen LogP contribution in [0, 0.1) is 12.7 Å². The van der Waals surface area contributed by atoms with Crippen molar-refractivity contribution in [1.29, 1.82) is 0 Å². The van der Waals surface area contributed by atoms with E-state index in [0.29, 0.717) is 38.0 Å². The third-order valence-electron chi connectivity index (χ3n) is 3.87. The van der Waals surface area contributed by atoms with Gasteiger partial charge in [-0.1, -0.05) is 0 Å². The normalized spacial score (nSPS) is 12.2. The molecule has 0 bridgehead atoms. The van der Waals surface area contributed by atoms with Gasteiger partial charge in [-0.3, -0.25) is 0 Å². The summed E-state index contributed by atoms with van der Waals surface area (Å²) in [6.45, 7) is 5.92. The van der Waals surface area contributed by atoms with Crippen LogP contribution in [0.4, 0.5) is 4.39 Å². The molecule has 0 spiro atoms. The number of aromatic nitrogens is 3. The van der Waals surface area contributed by atoms with Crippen LogP contribution in [-0.4, -0.2) is 53.6 Å². The third-order valence-corrected chi connectivity index (χ3v) is 3.87. The summed E-state index contributed by atoms with van der Waals surface area (Å²) in [6.07, 6.45) is -0.137. The molecular formula is C18H28FIN6O2. The van der Waals surface area contributed by atoms with Gasteiger partial charge in [-0.25, -0.2) is 9.38 Å². The number of benzene rings is 1. The summed E-state index contributed by atoms with van der Waals surface area (Å²) in [7, 11) is 3.55. The van der Waals surface area contributed by atoms with Gasteiger partial charge in [0.2, 0.25) is 0 Å². The molecule has 0 radical (unpaired) electrons. The van der Waals surface area contributed by atoms with Crippen molar-refractivity contribution in [3.05, 3.63) is 41.7 Å². The first-order chi connectivity index (χ1) is 13.0. The van der Waals surface area contributed by atoms with Crippen molar-refractivity contribution < 1.29 is 13.9 Å². The predicted octanol–water partition coefficient (Wildman–Crippen LogP) is 2.03. The summed E-state index contributed by atoms with van der Waals surface area (Å²) in [5, 5.41) is 14.6. The largest absolute Gasteiger partial charge is 0.489 e. The molecule has 1 aromatic heterocycles. The third kappa shape index (κ3) is 7.97. The molecule has 2 aromatic rings. The van der Waals surface area contributed by atoms with Crippen LogP contribution in [0.3, 0.4) is 0 Å². The number of halogens is 2. The van der Waals surface area contributed by atoms with E-state index in [1.165, 1.54) is 12.1 Å². The number of rotatable bonds is 9. The molecule has 0 saturated heterocycles. The topological polar surface area (TPSA) is 85.6 Å². The van der Waals surface area contributed by atoms with Crippen LogP contribution in [0.2, 0.25) is 0 Å². The van der Waals surface area contributed by atoms with Crippen LogP contribution >= 0.6 is 24.0 Å². The van der Waals surface area contributed by atoms with Crippen molar-refractivity contribution in [2.24, 2.45) is 12.0 Å². The number of hydrogen-bond donors (Lipinski definition) is 2. The molecule has 0 aliphatic carbocycles. The second-order valence-electron chi connectivity index (χ2n) is 6.07. The SMILES string of the molecule is COCCNC(=NCc1nnc(C)n1C)NCC(C)Oc1ccc(F)cc1.I. The fourth-order valence-electron chi connectivity index (χ4n) is 2.21. The Labute approximate surface area is 181 Å². The molecule has 8 nitrogen and oxygen atoms in total. The minimum absolute atomic E-state index is 0. The van der Waals surface area contributed by atoms with Gasteiger partial charge in [-0.15, -0.1) is 34.2 Å². The van der Waals surface area contributed by atoms with E-state index in [4.69, 9.17) is 9.47 Å². The number of nitrogens with zero attached hydrogens (tertiary/aromatic N) is 4. The van der Waals surface area contributed by atoms with Gasteiger partial charge in [-0.2, -0.15) is 0 Å². The number of aliphatic imine (C=N–C) groups is 1. The maximum atomic E-state index is 13.0. The summed E-state index contributed by atoms with van der Waals surface area (Å²) in [6, 6.07) is 5.96. The van der Waals surface area contributed by atoms with Gasteiger partial charge in [0.1, 0.15) is 30.0 Å². The fraction of sp³-hybridized carbons (Fsp3) is 0.500. The van der Waals surface area contributed by atoms with Crippen LogP contribution < -0.4 is 15.4 Å². The van der Waals surface area contributed by atoms with Crippen molar-refractivity contribution >= 4 is 29.9 Å². The Morgan fingerprint density at radius 2 is 1.96 bits per heavy atom. The molecule has 0 aliphatic rings. The van der Waals surface area contributed by atoms with Crippen LogP contribution in [0.1, 0.15) is 18.6 Å². The summed E-state index contributed by atoms with van der Waals surface area (Å²) >= 11 is 0. The predicted molar refractivity (Wildman–Crippen MR) is 117 cm³/mol. The highest BCUT2D eigenvalue weighted by molar-refractivity contribution is 14.0. The first-order valence-corrected chi connectivity index (χ1v) is 8.77. The first-order valence-electron chi connectivity index (χ1n) is 8.77. The van der Waals surface area contributed by atoms with Crippen molar-refractivity contribution in [3.63, 3.8) is 0 Å². The minimum atomic E-state index is -0.288. The van der Waals surface area contributed by atoms with E-state index in [1.54, 1.807) is 19.2 Å². The standard InChI is InChI=1S/C18H27FN6O2.HI/c1-13(27-16-7-5-15(19)6-8-16)11-21-18(20-9-10-26-4)22-12-17-24-23-14(2)25(17)3;/h5-8,13H,9-12H2,1-4H3,(H2,20,21,22);1H. The molecule has 0 amide bonds. The summed E-state index contributed by atoms with van der Waals surface area (Å²) in [4.78, 5) is 4.54. The number of ether oxygens (including phenoxy) is 2. The van der Waals surface area contributed by atoms with Gasteiger partial charge in [0.15, 0.2) is 11.8 Å². The van der Waals surface area contributed by atoms with E-state index >= 15 is 0 Å². The molecule has 0 aliphatic heterocycles. The van der Waals surface area contributed by atoms with E-state index < -0.39 is 0 Å². The second-order valence-corrected chi connectivity index (χ2v) is 6.07. The van der Waals surface area contributed by atoms with Crippen molar-refractivity contribution in [3.8, 4) is 5.75 Å². The van der Waals surface area contributed by atoms with Crippen LogP contribution in [0.5, 0.6) is 5.75 Å². The lowest BCUT2D eigenvalue weighted by Crippen LogP contribution is -2.43. The zero-order chi connectivity index (χ0) is 19.6. The molecule has 1 atom stereocenters. The van der Waals surface area contributed by atoms with E-state index in [0.717, 1.165) is 11.6 Å². The Morgan fingerprint density at radius 1 is 1.25 bits per heavy atom. The van der Waals surface area contributed by atoms with E-state index in [2.05, 4.69) is 25.8 Å². The highest BCUT2D eigenvalue weighted by Gasteiger charge is 2.08. The van der Waals surface area contributed by atoms with Gasteiger partial charge in [0.25, 0.3) is 0 Å². The minimum Gasteiger partial charge on any atom is -0.489 e. The van der Waals surface area contributed by atoms with E-state index in [9.17, 15) is 4.39 Å². The number of hydrogen-bond acceptors (Lipinski definition) is 5. The van der Waals surface area contributed by atoms with E-state index in [-0.39, 0.29) is 35.9 Å². The smallest absolute Gasteiger partial charge is 0.191 e. The molecule has 1 unspecified atom stereocenters. The van der Waals surface area contributed by atoms with Gasteiger partial charge in [-0.05, 0) is 38.1 Å². The first kappa shape index (κ1) is 24.1. The quantitative estimate of drug-likeness (QED) is 0.235. The van der Waals surface area contributed by atoms with Gasteiger partial charge in [0.05, 0.1) is 13.2 Å². The molecule has 28 heavy (non-hydrogen) atoms. The number of aryl methyl sites for hydroxylation is 1. The molecule has 1 heterocycles. The molecule has 0 fully saturated rings. The Kier molecular flexibility index (Phi) is 10.8. The summed E-state index contributed by atoms with van der Waals surface area (Å²) in [5.41, 5.74) is 0. The van der Waals surface area contributed by atoms with Gasteiger partial charge < -0.3 is 24.7 Å².